The number of esters is 1. The van der Waals surface area contributed by atoms with Gasteiger partial charge in [-0.2, -0.15) is 0 Å². The van der Waals surface area contributed by atoms with Crippen molar-refractivity contribution in [1.29, 1.82) is 0 Å². The van der Waals surface area contributed by atoms with Crippen molar-refractivity contribution in [2.24, 2.45) is 0 Å². The number of hydrogen-bond donors (Lipinski definition) is 1. The fourth-order valence-electron chi connectivity index (χ4n) is 3.15. The van der Waals surface area contributed by atoms with Gasteiger partial charge < -0.3 is 14.5 Å². The minimum atomic E-state index is -0.943. The molecule has 3 rings (SSSR count). The Labute approximate surface area is 176 Å². The molecule has 0 aliphatic carbocycles. The average molecular weight is 406 g/mol. The van der Waals surface area contributed by atoms with Crippen LogP contribution >= 0.6 is 0 Å². The van der Waals surface area contributed by atoms with Gasteiger partial charge in [-0.05, 0) is 38.0 Å². The van der Waals surface area contributed by atoms with Crippen molar-refractivity contribution in [2.45, 2.75) is 39.2 Å². The molecule has 0 saturated carbocycles. The maximum atomic E-state index is 12.5. The lowest BCUT2D eigenvalue weighted by atomic mass is 9.96. The van der Waals surface area contributed by atoms with Crippen molar-refractivity contribution >= 4 is 11.9 Å². The molecule has 156 valence electrons. The Morgan fingerprint density at radius 2 is 1.70 bits per heavy atom. The van der Waals surface area contributed by atoms with E-state index in [4.69, 9.17) is 9.15 Å². The first-order valence-electron chi connectivity index (χ1n) is 10.1. The summed E-state index contributed by atoms with van der Waals surface area (Å²) in [6.45, 7) is 5.74. The number of aryl methyl sites for hydroxylation is 1. The number of benzene rings is 2. The minimum absolute atomic E-state index is 0.0734. The summed E-state index contributed by atoms with van der Waals surface area (Å²) in [5, 5.41) is 2.87. The second-order valence-corrected chi connectivity index (χ2v) is 7.10. The molecule has 30 heavy (non-hydrogen) atoms. The van der Waals surface area contributed by atoms with Crippen molar-refractivity contribution in [3.63, 3.8) is 0 Å². The lowest BCUT2D eigenvalue weighted by Gasteiger charge is -2.18. The van der Waals surface area contributed by atoms with Crippen LogP contribution in [-0.4, -0.2) is 29.5 Å². The van der Waals surface area contributed by atoms with Gasteiger partial charge in [0.05, 0.1) is 0 Å². The van der Waals surface area contributed by atoms with Crippen LogP contribution in [0.25, 0.3) is 11.5 Å². The summed E-state index contributed by atoms with van der Waals surface area (Å²) in [6.07, 6.45) is -0.0548. The monoisotopic (exact) mass is 406 g/mol. The van der Waals surface area contributed by atoms with Crippen molar-refractivity contribution in [3.8, 4) is 11.5 Å². The highest BCUT2D eigenvalue weighted by Crippen LogP contribution is 2.22. The van der Waals surface area contributed by atoms with Crippen molar-refractivity contribution in [2.75, 3.05) is 6.54 Å². The Hall–Kier alpha value is -3.41. The van der Waals surface area contributed by atoms with Crippen molar-refractivity contribution < 1.29 is 18.7 Å². The van der Waals surface area contributed by atoms with Crippen LogP contribution in [-0.2, 0) is 9.53 Å². The molecule has 0 bridgehead atoms. The number of oxazole rings is 1. The molecule has 0 aliphatic heterocycles. The molecular weight excluding hydrogens is 380 g/mol. The normalized spacial score (nSPS) is 12.8. The predicted molar refractivity (Wildman–Crippen MR) is 114 cm³/mol. The zero-order valence-electron chi connectivity index (χ0n) is 17.4. The van der Waals surface area contributed by atoms with Gasteiger partial charge in [0.2, 0.25) is 5.89 Å². The number of nitrogens with one attached hydrogen (secondary N) is 1. The van der Waals surface area contributed by atoms with E-state index in [-0.39, 0.29) is 17.5 Å². The molecule has 0 radical (unpaired) electrons. The zero-order chi connectivity index (χ0) is 21.5. The van der Waals surface area contributed by atoms with Gasteiger partial charge in [0.1, 0.15) is 5.76 Å². The highest BCUT2D eigenvalue weighted by Gasteiger charge is 2.24. The topological polar surface area (TPSA) is 81.4 Å². The van der Waals surface area contributed by atoms with E-state index in [9.17, 15) is 9.59 Å². The maximum Gasteiger partial charge on any atom is 0.361 e. The van der Waals surface area contributed by atoms with Crippen LogP contribution in [0, 0.1) is 6.92 Å². The predicted octanol–water partition coefficient (Wildman–Crippen LogP) is 4.51. The molecule has 2 aromatic carbocycles. The summed E-state index contributed by atoms with van der Waals surface area (Å²) in [7, 11) is 0. The first-order valence-corrected chi connectivity index (χ1v) is 10.1. The number of aromatic nitrogens is 1. The summed E-state index contributed by atoms with van der Waals surface area (Å²) >= 11 is 0. The molecule has 0 unspecified atom stereocenters. The van der Waals surface area contributed by atoms with Crippen LogP contribution < -0.4 is 5.32 Å². The van der Waals surface area contributed by atoms with E-state index in [2.05, 4.69) is 17.2 Å². The minimum Gasteiger partial charge on any atom is -0.448 e. The molecule has 6 nitrogen and oxygen atoms in total. The van der Waals surface area contributed by atoms with Crippen LogP contribution in [0.5, 0.6) is 0 Å². The number of nitrogens with zero attached hydrogens (tertiary/aromatic N) is 1. The first-order chi connectivity index (χ1) is 14.5. The Balaban J connectivity index is 1.59. The van der Waals surface area contributed by atoms with E-state index in [0.717, 1.165) is 17.5 Å². The third kappa shape index (κ3) is 5.14. The molecule has 1 amide bonds. The average Bonchev–Trinajstić information content (AvgIpc) is 3.17. The molecule has 0 spiro atoms. The van der Waals surface area contributed by atoms with E-state index in [1.807, 2.05) is 60.7 Å². The van der Waals surface area contributed by atoms with Crippen LogP contribution in [0.1, 0.15) is 48.0 Å². The Bertz CT molecular complexity index is 983. The molecule has 1 aromatic heterocycles. The highest BCUT2D eigenvalue weighted by molar-refractivity contribution is 5.91. The quantitative estimate of drug-likeness (QED) is 0.557. The second-order valence-electron chi connectivity index (χ2n) is 7.10. The van der Waals surface area contributed by atoms with Gasteiger partial charge in [0.25, 0.3) is 5.91 Å². The third-order valence-corrected chi connectivity index (χ3v) is 4.95. The van der Waals surface area contributed by atoms with Gasteiger partial charge in [-0.3, -0.25) is 4.79 Å². The van der Waals surface area contributed by atoms with Gasteiger partial charge in [-0.15, -0.1) is 0 Å². The number of rotatable bonds is 8. The summed E-state index contributed by atoms with van der Waals surface area (Å²) < 4.78 is 10.9. The van der Waals surface area contributed by atoms with E-state index in [1.165, 1.54) is 0 Å². The smallest absolute Gasteiger partial charge is 0.361 e. The summed E-state index contributed by atoms with van der Waals surface area (Å²) in [5.74, 6) is -0.144. The van der Waals surface area contributed by atoms with Gasteiger partial charge in [0, 0.05) is 18.0 Å². The molecule has 0 aliphatic rings. The number of ether oxygens (including phenoxy) is 1. The number of carbonyl (C=O) groups is 2. The van der Waals surface area contributed by atoms with E-state index in [1.54, 1.807) is 13.8 Å². The van der Waals surface area contributed by atoms with Gasteiger partial charge in [-0.25, -0.2) is 9.78 Å². The molecule has 6 heteroatoms. The molecule has 0 fully saturated rings. The van der Waals surface area contributed by atoms with Crippen LogP contribution in [0.4, 0.5) is 0 Å². The Morgan fingerprint density at radius 3 is 2.33 bits per heavy atom. The summed E-state index contributed by atoms with van der Waals surface area (Å²) in [4.78, 5) is 29.2. The Kier molecular flexibility index (Phi) is 7.01. The summed E-state index contributed by atoms with van der Waals surface area (Å²) in [5.41, 5.74) is 2.00. The fourth-order valence-corrected chi connectivity index (χ4v) is 3.15. The summed E-state index contributed by atoms with van der Waals surface area (Å²) in [6, 6.07) is 19.3. The van der Waals surface area contributed by atoms with Crippen molar-refractivity contribution in [1.82, 2.24) is 10.3 Å². The lowest BCUT2D eigenvalue weighted by molar-refractivity contribution is -0.129. The van der Waals surface area contributed by atoms with Gasteiger partial charge in [-0.1, -0.05) is 55.5 Å². The zero-order valence-corrected chi connectivity index (χ0v) is 17.4. The largest absolute Gasteiger partial charge is 0.448 e. The molecule has 1 N–H and O–H groups in total. The second kappa shape index (κ2) is 9.87. The van der Waals surface area contributed by atoms with E-state index < -0.39 is 12.1 Å². The van der Waals surface area contributed by atoms with E-state index >= 15 is 0 Å². The van der Waals surface area contributed by atoms with Gasteiger partial charge >= 0.3 is 5.97 Å². The molecule has 0 saturated heterocycles. The number of hydrogen-bond acceptors (Lipinski definition) is 5. The van der Waals surface area contributed by atoms with Crippen LogP contribution in [0.2, 0.25) is 0 Å². The molecular formula is C24H26N2O4. The highest BCUT2D eigenvalue weighted by atomic mass is 16.5. The number of carbonyl (C=O) groups excluding carboxylic acids is 2. The van der Waals surface area contributed by atoms with Crippen LogP contribution in [0.3, 0.4) is 0 Å². The van der Waals surface area contributed by atoms with E-state index in [0.29, 0.717) is 18.2 Å². The number of amides is 1. The SMILES string of the molecule is CC[C@@H](CNC(=O)[C@@H](C)OC(=O)c1nc(-c2ccccc2)oc1C)c1ccccc1. The molecule has 3 aromatic rings. The van der Waals surface area contributed by atoms with Gasteiger partial charge in [0.15, 0.2) is 11.8 Å². The lowest BCUT2D eigenvalue weighted by Crippen LogP contribution is -2.38. The molecule has 2 atom stereocenters. The standard InChI is InChI=1S/C24H26N2O4/c1-4-18(19-11-7-5-8-12-19)15-25-22(27)17(3)30-24(28)21-16(2)29-23(26-21)20-13-9-6-10-14-20/h5-14,17-18H,4,15H2,1-3H3,(H,25,27)/t17-,18+/m1/s1. The Morgan fingerprint density at radius 1 is 1.07 bits per heavy atom. The third-order valence-electron chi connectivity index (χ3n) is 4.95. The van der Waals surface area contributed by atoms with Crippen molar-refractivity contribution in [3.05, 3.63) is 77.7 Å². The van der Waals surface area contributed by atoms with Crippen LogP contribution in [0.15, 0.2) is 65.1 Å². The maximum absolute atomic E-state index is 12.5. The molecule has 1 heterocycles. The fraction of sp³-hybridized carbons (Fsp3) is 0.292. The first kappa shape index (κ1) is 21.3.